The second kappa shape index (κ2) is 10.8. The molecule has 2 aliphatic rings. The quantitative estimate of drug-likeness (QED) is 0.625. The van der Waals surface area contributed by atoms with E-state index in [1.165, 1.54) is 4.90 Å². The topological polar surface area (TPSA) is 86.3 Å². The second-order valence-corrected chi connectivity index (χ2v) is 8.82. The van der Waals surface area contributed by atoms with E-state index in [0.29, 0.717) is 31.3 Å². The largest absolute Gasteiger partial charge is 0.497 e. The molecule has 8 nitrogen and oxygen atoms in total. The molecule has 2 aliphatic heterocycles. The number of carbonyl (C=O) groups is 2. The van der Waals surface area contributed by atoms with Crippen molar-refractivity contribution in [1.29, 1.82) is 0 Å². The lowest BCUT2D eigenvalue weighted by molar-refractivity contribution is -0.133. The molecule has 0 spiro atoms. The molecule has 0 bridgehead atoms. The maximum atomic E-state index is 12.9. The van der Waals surface area contributed by atoms with Crippen LogP contribution in [-0.4, -0.2) is 64.3 Å². The Morgan fingerprint density at radius 2 is 1.71 bits per heavy atom. The summed E-state index contributed by atoms with van der Waals surface area (Å²) in [6, 6.07) is 11.6. The SMILES string of the molecule is COc1ccc(C2(CNC(=O)CN3C=Cc4cc(OC)c(OC)cc4CC3=O)CCOCC2)cc1. The first-order chi connectivity index (χ1) is 17.0. The van der Waals surface area contributed by atoms with E-state index in [0.717, 1.165) is 35.3 Å². The fourth-order valence-electron chi connectivity index (χ4n) is 4.66. The van der Waals surface area contributed by atoms with Gasteiger partial charge < -0.3 is 29.2 Å². The van der Waals surface area contributed by atoms with Gasteiger partial charge in [0.15, 0.2) is 11.5 Å². The van der Waals surface area contributed by atoms with Gasteiger partial charge in [-0.25, -0.2) is 0 Å². The zero-order valence-corrected chi connectivity index (χ0v) is 20.5. The summed E-state index contributed by atoms with van der Waals surface area (Å²) >= 11 is 0. The minimum absolute atomic E-state index is 0.0488. The number of nitrogens with one attached hydrogen (secondary N) is 1. The van der Waals surface area contributed by atoms with E-state index in [4.69, 9.17) is 18.9 Å². The van der Waals surface area contributed by atoms with Crippen LogP contribution in [-0.2, 0) is 26.2 Å². The molecule has 2 heterocycles. The fraction of sp³-hybridized carbons (Fsp3) is 0.407. The molecular formula is C27H32N2O6. The maximum absolute atomic E-state index is 12.9. The van der Waals surface area contributed by atoms with Crippen molar-refractivity contribution in [2.75, 3.05) is 47.6 Å². The Bertz CT molecular complexity index is 1090. The van der Waals surface area contributed by atoms with Crippen molar-refractivity contribution in [3.63, 3.8) is 0 Å². The lowest BCUT2D eigenvalue weighted by Crippen LogP contribution is -2.47. The van der Waals surface area contributed by atoms with Crippen LogP contribution in [0.25, 0.3) is 6.08 Å². The molecular weight excluding hydrogens is 448 g/mol. The zero-order chi connectivity index (χ0) is 24.8. The number of carbonyl (C=O) groups excluding carboxylic acids is 2. The Balaban J connectivity index is 1.43. The molecule has 0 radical (unpaired) electrons. The highest BCUT2D eigenvalue weighted by Gasteiger charge is 2.35. The summed E-state index contributed by atoms with van der Waals surface area (Å²) in [5.41, 5.74) is 2.61. The van der Waals surface area contributed by atoms with E-state index in [1.54, 1.807) is 27.5 Å². The molecule has 186 valence electrons. The standard InChI is InChI=1S/C27H32N2O6/c1-32-22-6-4-21(5-7-22)27(9-12-35-13-10-27)18-28-25(30)17-29-11-8-19-14-23(33-2)24(34-3)15-20(19)16-26(29)31/h4-8,11,14-15H,9-10,12-13,16-18H2,1-3H3,(H,28,30). The Hall–Kier alpha value is -3.52. The van der Waals surface area contributed by atoms with Crippen LogP contribution in [0.4, 0.5) is 0 Å². The van der Waals surface area contributed by atoms with E-state index >= 15 is 0 Å². The molecule has 2 aromatic carbocycles. The minimum Gasteiger partial charge on any atom is -0.497 e. The molecule has 1 saturated heterocycles. The predicted molar refractivity (Wildman–Crippen MR) is 132 cm³/mol. The molecule has 35 heavy (non-hydrogen) atoms. The summed E-state index contributed by atoms with van der Waals surface area (Å²) in [5.74, 6) is 1.60. The third kappa shape index (κ3) is 5.43. The van der Waals surface area contributed by atoms with Crippen LogP contribution >= 0.6 is 0 Å². The van der Waals surface area contributed by atoms with Crippen LogP contribution in [0.5, 0.6) is 17.2 Å². The Kier molecular flexibility index (Phi) is 7.60. The van der Waals surface area contributed by atoms with Gasteiger partial charge in [-0.2, -0.15) is 0 Å². The van der Waals surface area contributed by atoms with Gasteiger partial charge in [0, 0.05) is 31.4 Å². The van der Waals surface area contributed by atoms with Crippen LogP contribution in [0.2, 0.25) is 0 Å². The molecule has 0 saturated carbocycles. The number of benzene rings is 2. The zero-order valence-electron chi connectivity index (χ0n) is 20.5. The van der Waals surface area contributed by atoms with Crippen LogP contribution in [0.15, 0.2) is 42.6 Å². The van der Waals surface area contributed by atoms with E-state index in [1.807, 2.05) is 30.3 Å². The van der Waals surface area contributed by atoms with Crippen molar-refractivity contribution in [2.24, 2.45) is 0 Å². The first-order valence-corrected chi connectivity index (χ1v) is 11.7. The predicted octanol–water partition coefficient (Wildman–Crippen LogP) is 2.93. The van der Waals surface area contributed by atoms with Crippen molar-refractivity contribution in [3.05, 3.63) is 59.3 Å². The van der Waals surface area contributed by atoms with Crippen molar-refractivity contribution < 1.29 is 28.5 Å². The summed E-state index contributed by atoms with van der Waals surface area (Å²) in [7, 11) is 4.78. The van der Waals surface area contributed by atoms with Crippen LogP contribution in [0.1, 0.15) is 29.5 Å². The van der Waals surface area contributed by atoms with Gasteiger partial charge in [0.1, 0.15) is 12.3 Å². The molecule has 1 N–H and O–H groups in total. The number of amides is 2. The molecule has 1 fully saturated rings. The average molecular weight is 481 g/mol. The minimum atomic E-state index is -0.220. The smallest absolute Gasteiger partial charge is 0.240 e. The maximum Gasteiger partial charge on any atom is 0.240 e. The van der Waals surface area contributed by atoms with Gasteiger partial charge in [-0.15, -0.1) is 0 Å². The van der Waals surface area contributed by atoms with Gasteiger partial charge in [-0.1, -0.05) is 12.1 Å². The van der Waals surface area contributed by atoms with Gasteiger partial charge in [0.05, 0.1) is 27.8 Å². The lowest BCUT2D eigenvalue weighted by Gasteiger charge is -2.38. The third-order valence-corrected chi connectivity index (χ3v) is 6.83. The molecule has 0 unspecified atom stereocenters. The Morgan fingerprint density at radius 1 is 1.03 bits per heavy atom. The number of fused-ring (bicyclic) bond motifs is 1. The van der Waals surface area contributed by atoms with Gasteiger partial charge in [-0.05, 0) is 59.9 Å². The molecule has 4 rings (SSSR count). The van der Waals surface area contributed by atoms with E-state index in [-0.39, 0.29) is 30.2 Å². The fourth-order valence-corrected chi connectivity index (χ4v) is 4.66. The molecule has 0 aromatic heterocycles. The monoisotopic (exact) mass is 480 g/mol. The highest BCUT2D eigenvalue weighted by atomic mass is 16.5. The van der Waals surface area contributed by atoms with Gasteiger partial charge >= 0.3 is 0 Å². The van der Waals surface area contributed by atoms with Crippen LogP contribution in [0.3, 0.4) is 0 Å². The number of ether oxygens (including phenoxy) is 4. The van der Waals surface area contributed by atoms with Crippen molar-refractivity contribution in [3.8, 4) is 17.2 Å². The first kappa shape index (κ1) is 24.6. The van der Waals surface area contributed by atoms with Crippen molar-refractivity contribution >= 4 is 17.9 Å². The third-order valence-electron chi connectivity index (χ3n) is 6.83. The number of methoxy groups -OCH3 is 3. The second-order valence-electron chi connectivity index (χ2n) is 8.82. The molecule has 0 aliphatic carbocycles. The van der Waals surface area contributed by atoms with Crippen molar-refractivity contribution in [2.45, 2.75) is 24.7 Å². The molecule has 0 atom stereocenters. The summed E-state index contributed by atoms with van der Waals surface area (Å²) < 4.78 is 21.6. The molecule has 2 aromatic rings. The lowest BCUT2D eigenvalue weighted by atomic mass is 9.74. The van der Waals surface area contributed by atoms with Crippen molar-refractivity contribution in [1.82, 2.24) is 10.2 Å². The number of hydrogen-bond acceptors (Lipinski definition) is 6. The van der Waals surface area contributed by atoms with Gasteiger partial charge in [0.25, 0.3) is 0 Å². The number of rotatable bonds is 8. The highest BCUT2D eigenvalue weighted by molar-refractivity contribution is 5.89. The van der Waals surface area contributed by atoms with Gasteiger partial charge in [0.2, 0.25) is 11.8 Å². The van der Waals surface area contributed by atoms with Gasteiger partial charge in [-0.3, -0.25) is 9.59 Å². The number of nitrogens with zero attached hydrogens (tertiary/aromatic N) is 1. The summed E-state index contributed by atoms with van der Waals surface area (Å²) in [6.45, 7) is 1.70. The average Bonchev–Trinajstić information content (AvgIpc) is 3.04. The Morgan fingerprint density at radius 3 is 2.37 bits per heavy atom. The normalized spacial score (nSPS) is 16.8. The number of hydrogen-bond donors (Lipinski definition) is 1. The summed E-state index contributed by atoms with van der Waals surface area (Å²) in [5, 5.41) is 3.07. The van der Waals surface area contributed by atoms with E-state index in [2.05, 4.69) is 17.4 Å². The highest BCUT2D eigenvalue weighted by Crippen LogP contribution is 2.35. The summed E-state index contributed by atoms with van der Waals surface area (Å²) in [6.07, 6.45) is 5.27. The summed E-state index contributed by atoms with van der Waals surface area (Å²) in [4.78, 5) is 27.3. The molecule has 8 heteroatoms. The van der Waals surface area contributed by atoms with E-state index in [9.17, 15) is 9.59 Å². The van der Waals surface area contributed by atoms with E-state index < -0.39 is 0 Å². The van der Waals surface area contributed by atoms with Crippen LogP contribution in [0, 0.1) is 0 Å². The van der Waals surface area contributed by atoms with Crippen LogP contribution < -0.4 is 19.5 Å². The molecule has 2 amide bonds. The first-order valence-electron chi connectivity index (χ1n) is 11.7. The Labute approximate surface area is 205 Å².